The molecule has 0 spiro atoms. The van der Waals surface area contributed by atoms with Crippen LogP contribution >= 0.6 is 11.3 Å². The van der Waals surface area contributed by atoms with Crippen molar-refractivity contribution in [1.29, 1.82) is 5.26 Å². The number of aromatic hydroxyl groups is 1. The number of ether oxygens (including phenoxy) is 6. The first-order valence-electron chi connectivity index (χ1n) is 33.5. The fourth-order valence-corrected chi connectivity index (χ4v) is 10.2. The van der Waals surface area contributed by atoms with Gasteiger partial charge in [-0.05, 0) is 154 Å². The number of pyridine rings is 1. The minimum atomic E-state index is -0.824. The number of nitriles is 1. The van der Waals surface area contributed by atoms with Gasteiger partial charge < -0.3 is 54.4 Å². The zero-order valence-electron chi connectivity index (χ0n) is 60.4. The number of hydrogen-bond donors (Lipinski definition) is 4. The molecule has 2 heterocycles. The van der Waals surface area contributed by atoms with E-state index >= 15 is 0 Å². The molecule has 10 aromatic rings. The summed E-state index contributed by atoms with van der Waals surface area (Å²) in [5.41, 5.74) is 10.0. The molecule has 0 aliphatic carbocycles. The Morgan fingerprint density at radius 1 is 0.636 bits per heavy atom. The van der Waals surface area contributed by atoms with Crippen molar-refractivity contribution in [2.45, 2.75) is 29.2 Å². The fraction of sp³-hybridized carbons (Fsp3) is 0.268. The van der Waals surface area contributed by atoms with Gasteiger partial charge in [-0.2, -0.15) is 0 Å². The summed E-state index contributed by atoms with van der Waals surface area (Å²) in [4.78, 5) is 32.7. The maximum absolute atomic E-state index is 13.7. The molecule has 0 atom stereocenters. The molecular formula is C82H94F6N10O11S. The number of phenolic OH excluding ortho intramolecular Hbond substituents is 1. The number of phenols is 1. The Kier molecular flexibility index (Phi) is 45.1. The summed E-state index contributed by atoms with van der Waals surface area (Å²) in [6.45, 7) is 11.6. The van der Waals surface area contributed by atoms with E-state index in [1.807, 2.05) is 147 Å². The Morgan fingerprint density at radius 3 is 1.64 bits per heavy atom. The smallest absolute Gasteiger partial charge is 0.276 e. The Labute approximate surface area is 644 Å². The molecule has 28 heteroatoms. The van der Waals surface area contributed by atoms with Crippen LogP contribution in [0.4, 0.5) is 60.8 Å². The van der Waals surface area contributed by atoms with Gasteiger partial charge in [-0.25, -0.2) is 37.6 Å². The summed E-state index contributed by atoms with van der Waals surface area (Å²) in [7, 11) is 7.34. The van der Waals surface area contributed by atoms with E-state index in [2.05, 4.69) is 67.2 Å². The number of allylic oxidation sites excluding steroid dienone is 2. The van der Waals surface area contributed by atoms with Crippen LogP contribution in [0.15, 0.2) is 194 Å². The lowest BCUT2D eigenvalue weighted by molar-refractivity contribution is -0.394. The number of benzene rings is 8. The molecule has 110 heavy (non-hydrogen) atoms. The number of rotatable bonds is 32. The predicted octanol–water partition coefficient (Wildman–Crippen LogP) is 20.5. The Hall–Kier alpha value is -11.9. The SMILES string of the molecule is C.C.C.CNc1ccc(-c2nc3ccc(O)cc3s2)cc1[18F].CNc1ccc(/C=C/c2ccc(OCCOCCOCC[18F])cc2)cc1.CNc1ccc(/C=C/c2ccc(OCCOCCOCC[18F])nc2)cc1.F[18F].[2H]c1c([N+](=O)[O-])cccc1[N+](=O)[O-].[C-]#[N+]/C(C#N)=C(/C)c1ccc2cc(N(C)CC[18F])ccc2c1. The second-order valence-electron chi connectivity index (χ2n) is 22.0. The van der Waals surface area contributed by atoms with Gasteiger partial charge in [-0.1, -0.05) is 101 Å². The second kappa shape index (κ2) is 53.8. The molecule has 586 valence electrons. The van der Waals surface area contributed by atoms with Crippen LogP contribution in [-0.2, 0) is 18.9 Å². The molecule has 0 aliphatic heterocycles. The van der Waals surface area contributed by atoms with Crippen LogP contribution in [0.1, 0.15) is 58.4 Å². The summed E-state index contributed by atoms with van der Waals surface area (Å²) >= 11 is 1.43. The van der Waals surface area contributed by atoms with E-state index in [4.69, 9.17) is 50.8 Å². The largest absolute Gasteiger partial charge is 0.508 e. The summed E-state index contributed by atoms with van der Waals surface area (Å²) in [5.74, 6) is 1.26. The molecule has 0 radical (unpaired) electrons. The van der Waals surface area contributed by atoms with Crippen LogP contribution in [-0.4, -0.2) is 146 Å². The highest BCUT2D eigenvalue weighted by Gasteiger charge is 2.13. The van der Waals surface area contributed by atoms with Crippen LogP contribution in [0.5, 0.6) is 17.4 Å². The zero-order valence-corrected chi connectivity index (χ0v) is 60.2. The van der Waals surface area contributed by atoms with Crippen molar-refractivity contribution in [3.8, 4) is 34.0 Å². The summed E-state index contributed by atoms with van der Waals surface area (Å²) in [6, 6.07) is 54.3. The Morgan fingerprint density at radius 2 is 1.15 bits per heavy atom. The topological polar surface area (TPSA) is 255 Å². The molecule has 0 amide bonds. The van der Waals surface area contributed by atoms with Crippen LogP contribution in [0, 0.1) is 43.9 Å². The Bertz CT molecular complexity index is 4410. The predicted molar refractivity (Wildman–Crippen MR) is 433 cm³/mol. The molecule has 2 aromatic heterocycles. The molecule has 8 aromatic carbocycles. The van der Waals surface area contributed by atoms with Crippen molar-refractivity contribution in [1.82, 2.24) is 9.97 Å². The maximum atomic E-state index is 13.7. The van der Waals surface area contributed by atoms with E-state index in [1.54, 1.807) is 44.4 Å². The first kappa shape index (κ1) is 92.3. The van der Waals surface area contributed by atoms with Gasteiger partial charge in [0.1, 0.15) is 55.6 Å². The first-order chi connectivity index (χ1) is 52.4. The zero-order chi connectivity index (χ0) is 78.4. The van der Waals surface area contributed by atoms with Crippen molar-refractivity contribution < 1.29 is 71.5 Å². The number of nitro groups is 2. The van der Waals surface area contributed by atoms with E-state index in [0.29, 0.717) is 76.5 Å². The lowest BCUT2D eigenvalue weighted by Crippen LogP contribution is -2.19. The molecule has 21 nitrogen and oxygen atoms in total. The average Bonchev–Trinajstić information content (AvgIpc) is 1.46. The van der Waals surface area contributed by atoms with Crippen LogP contribution in [0.2, 0.25) is 0 Å². The van der Waals surface area contributed by atoms with Gasteiger partial charge in [0.2, 0.25) is 5.88 Å². The number of anilines is 4. The molecule has 0 fully saturated rings. The minimum Gasteiger partial charge on any atom is -0.508 e. The molecule has 4 N–H and O–H groups in total. The number of thiazole rings is 1. The first-order valence-corrected chi connectivity index (χ1v) is 33.8. The lowest BCUT2D eigenvalue weighted by atomic mass is 10.0. The lowest BCUT2D eigenvalue weighted by Gasteiger charge is -2.18. The highest BCUT2D eigenvalue weighted by molar-refractivity contribution is 7.21. The number of fused-ring (bicyclic) bond motifs is 2. The third-order valence-corrected chi connectivity index (χ3v) is 15.9. The van der Waals surface area contributed by atoms with Crippen molar-refractivity contribution in [3.63, 3.8) is 0 Å². The molecule has 0 unspecified atom stereocenters. The van der Waals surface area contributed by atoms with Crippen molar-refractivity contribution in [3.05, 3.63) is 259 Å². The highest BCUT2D eigenvalue weighted by atomic mass is 32.1. The van der Waals surface area contributed by atoms with Crippen LogP contribution in [0.25, 0.3) is 66.3 Å². The van der Waals surface area contributed by atoms with Gasteiger partial charge in [0.25, 0.3) is 17.1 Å². The number of nitrogens with one attached hydrogen (secondary N) is 3. The molecule has 0 aliphatic rings. The minimum absolute atomic E-state index is 0. The quantitative estimate of drug-likeness (QED) is 0.00581. The average molecular weight is 1540 g/mol. The maximum Gasteiger partial charge on any atom is 0.276 e. The molecular weight excluding hydrogens is 1440 g/mol. The van der Waals surface area contributed by atoms with Gasteiger partial charge in [0.15, 0.2) is 0 Å². The van der Waals surface area contributed by atoms with Crippen LogP contribution < -0.4 is 30.3 Å². The van der Waals surface area contributed by atoms with E-state index in [-0.39, 0.29) is 59.4 Å². The number of halogens is 6. The van der Waals surface area contributed by atoms with Gasteiger partial charge in [0.05, 0.1) is 98.7 Å². The number of nitrogens with zero attached hydrogens (tertiary/aromatic N) is 7. The van der Waals surface area contributed by atoms with Crippen molar-refractivity contribution in [2.75, 3.05) is 142 Å². The highest BCUT2D eigenvalue weighted by Crippen LogP contribution is 2.34. The molecule has 0 saturated carbocycles. The van der Waals surface area contributed by atoms with E-state index in [9.17, 15) is 42.9 Å². The van der Waals surface area contributed by atoms with Gasteiger partial charge in [0, 0.05) is 90.9 Å². The summed E-state index contributed by atoms with van der Waals surface area (Å²) in [5, 5.41) is 50.7. The van der Waals surface area contributed by atoms with E-state index in [0.717, 1.165) is 94.3 Å². The van der Waals surface area contributed by atoms with Crippen molar-refractivity contribution in [2.24, 2.45) is 0 Å². The molecule has 0 saturated heterocycles. The summed E-state index contributed by atoms with van der Waals surface area (Å²) in [6.07, 6.45) is 9.95. The molecule has 0 bridgehead atoms. The second-order valence-corrected chi connectivity index (χ2v) is 23.1. The van der Waals surface area contributed by atoms with Crippen LogP contribution in [0.3, 0.4) is 0 Å². The standard InChI is InChI=1S/C21H26FNO3.C20H25FN2O3.C18H16FN3.C14H11FN2OS.C6H4N2O4.3CH4.F2/c1-23-20-8-4-18(5-9-20)2-3-19-6-10-21(11-7-19)26-17-16-25-15-14-24-13-12-22;1-22-19-7-4-17(5-8-19)2-3-18-6-9-20(23-16-18)26-15-14-25-13-12-24-11-10-21;1-13(18(12-20)21-2)14-4-5-16-11-17(22(3)9-8-19)7-6-15(16)10-14;1-16-11-4-2-8(6-10(11)15)14-17-12-5-3-9(18)7-13(12)19-14;9-7(10)5-2-1-3-6(4-5)8(11)12;;;;1-2/h2-11,23H,12-17H2,1H3;2-9,16,22H,10-15H2,1H3;4-7,10-11H,8-9H2,1,3H3;2-7,16,18H,1H3;1-4H;3*1H4;/b2*3-2+;18-13-;;;;;;/i22-1;21-1;19-1;15-1;4D;;;;1-1. The van der Waals surface area contributed by atoms with E-state index < -0.39 is 40.6 Å². The third-order valence-electron chi connectivity index (χ3n) is 14.8. The number of aromatic nitrogens is 2. The van der Waals surface area contributed by atoms with Gasteiger partial charge in [-0.15, -0.1) is 11.3 Å². The van der Waals surface area contributed by atoms with Gasteiger partial charge >= 0.3 is 0 Å². The van der Waals surface area contributed by atoms with E-state index in [1.165, 1.54) is 23.5 Å². The van der Waals surface area contributed by atoms with Gasteiger partial charge in [-0.3, -0.25) is 20.2 Å². The Balaban J connectivity index is 0.000000472. The third kappa shape index (κ3) is 33.5. The fourth-order valence-electron chi connectivity index (χ4n) is 9.17. The number of hydrogen-bond acceptors (Lipinski definition) is 19. The normalized spacial score (nSPS) is 10.6. The number of nitro benzene ring substituents is 2. The van der Waals surface area contributed by atoms with Crippen molar-refractivity contribution >= 4 is 96.3 Å². The molecule has 10 rings (SSSR count). The monoisotopic (exact) mass is 1540 g/mol. The summed E-state index contributed by atoms with van der Waals surface area (Å²) < 4.78 is 106. The number of alkyl halides is 3.